The molecule has 2 aromatic carbocycles. The second-order valence-electron chi connectivity index (χ2n) is 5.65. The van der Waals surface area contributed by atoms with Crippen molar-refractivity contribution in [3.8, 4) is 0 Å². The number of quaternary nitrogens is 1. The van der Waals surface area contributed by atoms with Crippen LogP contribution in [0.4, 0.5) is 4.79 Å². The Morgan fingerprint density at radius 3 is 2.25 bits per heavy atom. The van der Waals surface area contributed by atoms with Gasteiger partial charge in [0.05, 0.1) is 0 Å². The fourth-order valence-corrected chi connectivity index (χ4v) is 2.51. The molecule has 4 N–H and O–H groups in total. The molecular weight excluding hydrogens is 302 g/mol. The summed E-state index contributed by atoms with van der Waals surface area (Å²) in [7, 11) is 0. The molecule has 0 spiro atoms. The summed E-state index contributed by atoms with van der Waals surface area (Å²) in [6, 6.07) is 17.9. The maximum Gasteiger partial charge on any atom is 0.321 e. The Kier molecular flexibility index (Phi) is 6.51. The molecule has 5 heteroatoms. The van der Waals surface area contributed by atoms with E-state index in [1.807, 2.05) is 42.6 Å². The first-order valence-electron chi connectivity index (χ1n) is 8.12. The van der Waals surface area contributed by atoms with E-state index in [2.05, 4.69) is 34.9 Å². The molecule has 0 radical (unpaired) electrons. The van der Waals surface area contributed by atoms with Crippen LogP contribution in [0.1, 0.15) is 29.7 Å². The number of carbonyl (C=O) groups is 2. The first-order valence-corrected chi connectivity index (χ1v) is 8.12. The van der Waals surface area contributed by atoms with E-state index in [1.165, 1.54) is 5.56 Å². The lowest BCUT2D eigenvalue weighted by molar-refractivity contribution is -0.676. The van der Waals surface area contributed by atoms with Crippen molar-refractivity contribution in [2.75, 3.05) is 13.1 Å². The van der Waals surface area contributed by atoms with Gasteiger partial charge in [0.1, 0.15) is 6.04 Å². The van der Waals surface area contributed by atoms with Crippen LogP contribution in [-0.2, 0) is 4.79 Å². The third-order valence-corrected chi connectivity index (χ3v) is 3.72. The Bertz CT molecular complexity index is 669. The molecule has 5 nitrogen and oxygen atoms in total. The number of imide groups is 1. The lowest BCUT2D eigenvalue weighted by Crippen LogP contribution is -2.88. The van der Waals surface area contributed by atoms with Crippen molar-refractivity contribution < 1.29 is 14.9 Å². The highest BCUT2D eigenvalue weighted by atomic mass is 16.2. The van der Waals surface area contributed by atoms with Crippen molar-refractivity contribution in [1.82, 2.24) is 10.6 Å². The fourth-order valence-electron chi connectivity index (χ4n) is 2.51. The number of nitrogens with one attached hydrogen (secondary N) is 2. The number of nitrogens with two attached hydrogens (primary N) is 1. The molecule has 0 aliphatic heterocycles. The van der Waals surface area contributed by atoms with Crippen LogP contribution >= 0.6 is 0 Å². The number of rotatable bonds is 6. The highest BCUT2D eigenvalue weighted by Crippen LogP contribution is 2.18. The normalized spacial score (nSPS) is 11.6. The molecule has 0 saturated heterocycles. The van der Waals surface area contributed by atoms with Crippen LogP contribution in [0.25, 0.3) is 0 Å². The number of hydrogen-bond donors (Lipinski definition) is 3. The van der Waals surface area contributed by atoms with Gasteiger partial charge in [-0.25, -0.2) is 4.79 Å². The number of carbonyl (C=O) groups excluding carboxylic acids is 2. The second kappa shape index (κ2) is 8.84. The van der Waals surface area contributed by atoms with Gasteiger partial charge < -0.3 is 10.6 Å². The van der Waals surface area contributed by atoms with Gasteiger partial charge in [-0.15, -0.1) is 0 Å². The predicted molar refractivity (Wildman–Crippen MR) is 93.5 cm³/mol. The number of urea groups is 1. The lowest BCUT2D eigenvalue weighted by Gasteiger charge is -2.16. The van der Waals surface area contributed by atoms with Gasteiger partial charge in [0, 0.05) is 17.7 Å². The minimum atomic E-state index is -0.456. The molecule has 0 unspecified atom stereocenters. The van der Waals surface area contributed by atoms with Crippen LogP contribution in [-0.4, -0.2) is 25.0 Å². The summed E-state index contributed by atoms with van der Waals surface area (Å²) < 4.78 is 0. The van der Waals surface area contributed by atoms with E-state index in [0.717, 1.165) is 11.1 Å². The Balaban J connectivity index is 2.08. The van der Waals surface area contributed by atoms with Gasteiger partial charge in [-0.3, -0.25) is 10.1 Å². The zero-order chi connectivity index (χ0) is 17.4. The maximum atomic E-state index is 11.9. The zero-order valence-corrected chi connectivity index (χ0v) is 14.1. The Hall–Kier alpha value is -2.66. The van der Waals surface area contributed by atoms with Gasteiger partial charge in [0.15, 0.2) is 6.54 Å². The SMILES string of the molecule is CCNC(=O)NC(=O)C[NH2+][C@@H](c1ccccc1)c1ccc(C)cc1. The molecule has 24 heavy (non-hydrogen) atoms. The molecule has 0 fully saturated rings. The van der Waals surface area contributed by atoms with Crippen LogP contribution in [0, 0.1) is 6.92 Å². The van der Waals surface area contributed by atoms with Crippen LogP contribution in [0.3, 0.4) is 0 Å². The van der Waals surface area contributed by atoms with Crippen LogP contribution in [0.2, 0.25) is 0 Å². The highest BCUT2D eigenvalue weighted by molar-refractivity contribution is 5.94. The summed E-state index contributed by atoms with van der Waals surface area (Å²) in [5, 5.41) is 6.82. The summed E-state index contributed by atoms with van der Waals surface area (Å²) >= 11 is 0. The molecule has 1 atom stereocenters. The van der Waals surface area contributed by atoms with Gasteiger partial charge in [0.25, 0.3) is 5.91 Å². The molecule has 0 heterocycles. The second-order valence-corrected chi connectivity index (χ2v) is 5.65. The first kappa shape index (κ1) is 17.7. The van der Waals surface area contributed by atoms with Crippen LogP contribution < -0.4 is 16.0 Å². The van der Waals surface area contributed by atoms with E-state index in [-0.39, 0.29) is 18.5 Å². The number of aryl methyl sites for hydroxylation is 1. The maximum absolute atomic E-state index is 11.9. The molecule has 126 valence electrons. The molecular formula is C19H24N3O2+. The number of amides is 3. The molecule has 2 rings (SSSR count). The van der Waals surface area contributed by atoms with Crippen molar-refractivity contribution in [3.63, 3.8) is 0 Å². The van der Waals surface area contributed by atoms with Crippen molar-refractivity contribution in [2.24, 2.45) is 0 Å². The van der Waals surface area contributed by atoms with E-state index in [9.17, 15) is 9.59 Å². The molecule has 3 amide bonds. The zero-order valence-electron chi connectivity index (χ0n) is 14.1. The topological polar surface area (TPSA) is 74.8 Å². The monoisotopic (exact) mass is 326 g/mol. The van der Waals surface area contributed by atoms with Crippen molar-refractivity contribution >= 4 is 11.9 Å². The fraction of sp³-hybridized carbons (Fsp3) is 0.263. The first-order chi connectivity index (χ1) is 11.6. The minimum Gasteiger partial charge on any atom is -0.338 e. The van der Waals surface area contributed by atoms with E-state index in [0.29, 0.717) is 6.54 Å². The molecule has 0 saturated carbocycles. The van der Waals surface area contributed by atoms with Gasteiger partial charge in [-0.2, -0.15) is 0 Å². The summed E-state index contributed by atoms with van der Waals surface area (Å²) in [6.45, 7) is 4.51. The molecule has 0 aromatic heterocycles. The number of benzene rings is 2. The van der Waals surface area contributed by atoms with E-state index < -0.39 is 6.03 Å². The smallest absolute Gasteiger partial charge is 0.321 e. The summed E-state index contributed by atoms with van der Waals surface area (Å²) in [5.41, 5.74) is 3.43. The van der Waals surface area contributed by atoms with E-state index in [1.54, 1.807) is 6.92 Å². The number of hydrogen-bond acceptors (Lipinski definition) is 2. The average molecular weight is 326 g/mol. The highest BCUT2D eigenvalue weighted by Gasteiger charge is 2.19. The Morgan fingerprint density at radius 2 is 1.62 bits per heavy atom. The van der Waals surface area contributed by atoms with Gasteiger partial charge >= 0.3 is 6.03 Å². The lowest BCUT2D eigenvalue weighted by atomic mass is 9.98. The predicted octanol–water partition coefficient (Wildman–Crippen LogP) is 1.49. The van der Waals surface area contributed by atoms with Gasteiger partial charge in [-0.1, -0.05) is 60.2 Å². The largest absolute Gasteiger partial charge is 0.338 e. The third-order valence-electron chi connectivity index (χ3n) is 3.72. The van der Waals surface area contributed by atoms with Crippen molar-refractivity contribution in [1.29, 1.82) is 0 Å². The van der Waals surface area contributed by atoms with Crippen LogP contribution in [0.5, 0.6) is 0 Å². The quantitative estimate of drug-likeness (QED) is 0.752. The van der Waals surface area contributed by atoms with Crippen molar-refractivity contribution in [2.45, 2.75) is 19.9 Å². The molecule has 2 aromatic rings. The summed E-state index contributed by atoms with van der Waals surface area (Å²) in [6.07, 6.45) is 0. The summed E-state index contributed by atoms with van der Waals surface area (Å²) in [5.74, 6) is -0.311. The van der Waals surface area contributed by atoms with Gasteiger partial charge in [-0.05, 0) is 13.8 Å². The van der Waals surface area contributed by atoms with E-state index in [4.69, 9.17) is 0 Å². The standard InChI is InChI=1S/C19H23N3O2/c1-3-20-19(24)22-17(23)13-21-18(15-7-5-4-6-8-15)16-11-9-14(2)10-12-16/h4-12,18,21H,3,13H2,1-2H3,(H2,20,22,23,24)/p+1/t18-/m0/s1. The third kappa shape index (κ3) is 5.21. The summed E-state index contributed by atoms with van der Waals surface area (Å²) in [4.78, 5) is 23.4. The van der Waals surface area contributed by atoms with Crippen LogP contribution in [0.15, 0.2) is 54.6 Å². The van der Waals surface area contributed by atoms with Gasteiger partial charge in [0.2, 0.25) is 0 Å². The molecule has 0 aliphatic rings. The van der Waals surface area contributed by atoms with Crippen molar-refractivity contribution in [3.05, 3.63) is 71.3 Å². The minimum absolute atomic E-state index is 0.00628. The Morgan fingerprint density at radius 1 is 1.00 bits per heavy atom. The van der Waals surface area contributed by atoms with E-state index >= 15 is 0 Å². The average Bonchev–Trinajstić information content (AvgIpc) is 2.57. The molecule has 0 aliphatic carbocycles. The Labute approximate surface area is 142 Å². The molecule has 0 bridgehead atoms.